The molecule has 0 saturated carbocycles. The smallest absolute Gasteiger partial charge is 0.330 e. The second kappa shape index (κ2) is 7.41. The van der Waals surface area contributed by atoms with Crippen LogP contribution < -0.4 is 0 Å². The summed E-state index contributed by atoms with van der Waals surface area (Å²) >= 11 is 0. The van der Waals surface area contributed by atoms with Crippen LogP contribution in [0, 0.1) is 5.41 Å². The third kappa shape index (κ3) is 3.94. The number of methoxy groups -OCH3 is 1. The van der Waals surface area contributed by atoms with Crippen LogP contribution in [-0.4, -0.2) is 36.0 Å². The van der Waals surface area contributed by atoms with Crippen molar-refractivity contribution in [3.63, 3.8) is 0 Å². The van der Waals surface area contributed by atoms with Crippen LogP contribution in [0.3, 0.4) is 0 Å². The molecule has 0 radical (unpaired) electrons. The largest absolute Gasteiger partial charge is 0.466 e. The minimum absolute atomic E-state index is 0.0484. The van der Waals surface area contributed by atoms with Crippen LogP contribution in [0.25, 0.3) is 0 Å². The fourth-order valence-corrected chi connectivity index (χ4v) is 1.66. The highest BCUT2D eigenvalue weighted by atomic mass is 16.5. The van der Waals surface area contributed by atoms with Crippen molar-refractivity contribution in [1.82, 2.24) is 0 Å². The molecule has 0 aliphatic rings. The molecule has 94 valence electrons. The zero-order valence-corrected chi connectivity index (χ0v) is 10.3. The molecule has 4 nitrogen and oxygen atoms in total. The summed E-state index contributed by atoms with van der Waals surface area (Å²) in [6.45, 7) is 3.83. The van der Waals surface area contributed by atoms with Gasteiger partial charge < -0.3 is 14.9 Å². The Hall–Kier alpha value is -0.870. The van der Waals surface area contributed by atoms with Gasteiger partial charge in [0.25, 0.3) is 0 Å². The Labute approximate surface area is 96.9 Å². The van der Waals surface area contributed by atoms with Crippen molar-refractivity contribution in [2.45, 2.75) is 39.2 Å². The minimum Gasteiger partial charge on any atom is -0.466 e. The Kier molecular flexibility index (Phi) is 7.01. The topological polar surface area (TPSA) is 66.8 Å². The van der Waals surface area contributed by atoms with Crippen molar-refractivity contribution in [2.24, 2.45) is 5.41 Å². The summed E-state index contributed by atoms with van der Waals surface area (Å²) in [5.74, 6) is -0.435. The zero-order valence-electron chi connectivity index (χ0n) is 10.3. The fraction of sp³-hybridized carbons (Fsp3) is 0.750. The van der Waals surface area contributed by atoms with Gasteiger partial charge in [-0.15, -0.1) is 0 Å². The van der Waals surface area contributed by atoms with Crippen LogP contribution in [0.5, 0.6) is 0 Å². The van der Waals surface area contributed by atoms with Crippen molar-refractivity contribution >= 4 is 5.97 Å². The molecular weight excluding hydrogens is 208 g/mol. The number of aliphatic hydroxyl groups excluding tert-OH is 2. The molecule has 0 fully saturated rings. The van der Waals surface area contributed by atoms with Crippen molar-refractivity contribution in [1.29, 1.82) is 0 Å². The third-order valence-corrected chi connectivity index (χ3v) is 3.24. The first-order valence-electron chi connectivity index (χ1n) is 5.59. The fourth-order valence-electron chi connectivity index (χ4n) is 1.66. The zero-order chi connectivity index (χ0) is 12.6. The summed E-state index contributed by atoms with van der Waals surface area (Å²) < 4.78 is 4.44. The quantitative estimate of drug-likeness (QED) is 0.510. The van der Waals surface area contributed by atoms with Gasteiger partial charge in [-0.1, -0.05) is 19.9 Å². The second-order valence-electron chi connectivity index (χ2n) is 3.90. The molecule has 1 unspecified atom stereocenters. The van der Waals surface area contributed by atoms with Gasteiger partial charge in [0.2, 0.25) is 0 Å². The van der Waals surface area contributed by atoms with Crippen LogP contribution in [-0.2, 0) is 9.53 Å². The van der Waals surface area contributed by atoms with Gasteiger partial charge in [0.1, 0.15) is 0 Å². The second-order valence-corrected chi connectivity index (χ2v) is 3.90. The van der Waals surface area contributed by atoms with E-state index in [2.05, 4.69) is 4.74 Å². The lowest BCUT2D eigenvalue weighted by atomic mass is 9.76. The molecule has 0 aliphatic heterocycles. The molecule has 0 aromatic carbocycles. The van der Waals surface area contributed by atoms with Crippen molar-refractivity contribution in [3.05, 3.63) is 12.2 Å². The van der Waals surface area contributed by atoms with Crippen LogP contribution >= 0.6 is 0 Å². The summed E-state index contributed by atoms with van der Waals surface area (Å²) in [7, 11) is 1.30. The van der Waals surface area contributed by atoms with Gasteiger partial charge >= 0.3 is 5.97 Å². The van der Waals surface area contributed by atoms with Gasteiger partial charge in [0.05, 0.1) is 19.8 Å². The number of rotatable bonds is 7. The van der Waals surface area contributed by atoms with Crippen molar-refractivity contribution < 1.29 is 19.7 Å². The number of hydrogen-bond acceptors (Lipinski definition) is 4. The average Bonchev–Trinajstić information content (AvgIpc) is 2.31. The number of carbonyl (C=O) groups is 1. The molecule has 0 aromatic rings. The standard InChI is InChI=1S/C12H22O4/c1-4-12(5-2,9-13)10(14)7-6-8-11(15)16-3/h6,8,10,13-14H,4-5,7,9H2,1-3H3/b8-6+. The number of esters is 1. The van der Waals surface area contributed by atoms with E-state index in [-0.39, 0.29) is 6.61 Å². The van der Waals surface area contributed by atoms with Gasteiger partial charge in [0.15, 0.2) is 0 Å². The highest BCUT2D eigenvalue weighted by molar-refractivity contribution is 5.81. The van der Waals surface area contributed by atoms with E-state index in [4.69, 9.17) is 0 Å². The molecule has 0 aliphatic carbocycles. The van der Waals surface area contributed by atoms with Gasteiger partial charge in [-0.3, -0.25) is 0 Å². The van der Waals surface area contributed by atoms with E-state index in [1.165, 1.54) is 13.2 Å². The number of carbonyl (C=O) groups excluding carboxylic acids is 1. The highest BCUT2D eigenvalue weighted by Gasteiger charge is 2.32. The molecule has 0 rings (SSSR count). The highest BCUT2D eigenvalue weighted by Crippen LogP contribution is 2.31. The molecule has 0 aromatic heterocycles. The summed E-state index contributed by atoms with van der Waals surface area (Å²) in [5, 5.41) is 19.3. The average molecular weight is 230 g/mol. The predicted octanol–water partition coefficient (Wildman–Crippen LogP) is 1.27. The lowest BCUT2D eigenvalue weighted by Crippen LogP contribution is -2.37. The number of hydrogen-bond donors (Lipinski definition) is 2. The Morgan fingerprint density at radius 2 is 2.00 bits per heavy atom. The number of ether oxygens (including phenoxy) is 1. The summed E-state index contributed by atoms with van der Waals surface area (Å²) in [4.78, 5) is 10.8. The first-order chi connectivity index (χ1) is 7.56. The summed E-state index contributed by atoms with van der Waals surface area (Å²) in [6.07, 6.45) is 3.97. The third-order valence-electron chi connectivity index (χ3n) is 3.24. The van der Waals surface area contributed by atoms with E-state index in [0.29, 0.717) is 19.3 Å². The van der Waals surface area contributed by atoms with E-state index in [1.807, 2.05) is 13.8 Å². The molecular formula is C12H22O4. The van der Waals surface area contributed by atoms with Crippen LogP contribution in [0.15, 0.2) is 12.2 Å². The van der Waals surface area contributed by atoms with Crippen LogP contribution in [0.4, 0.5) is 0 Å². The van der Waals surface area contributed by atoms with E-state index in [0.717, 1.165) is 0 Å². The number of aliphatic hydroxyl groups is 2. The Balaban J connectivity index is 4.37. The molecule has 0 bridgehead atoms. The first kappa shape index (κ1) is 15.1. The molecule has 2 N–H and O–H groups in total. The van der Waals surface area contributed by atoms with Gasteiger partial charge in [-0.25, -0.2) is 4.79 Å². The van der Waals surface area contributed by atoms with Crippen molar-refractivity contribution in [2.75, 3.05) is 13.7 Å². The Morgan fingerprint density at radius 3 is 2.38 bits per heavy atom. The lowest BCUT2D eigenvalue weighted by Gasteiger charge is -2.34. The summed E-state index contributed by atoms with van der Waals surface area (Å²) in [6, 6.07) is 0. The maximum absolute atomic E-state index is 10.8. The predicted molar refractivity (Wildman–Crippen MR) is 61.9 cm³/mol. The molecule has 0 heterocycles. The van der Waals surface area contributed by atoms with Crippen LogP contribution in [0.2, 0.25) is 0 Å². The van der Waals surface area contributed by atoms with Gasteiger partial charge in [-0.05, 0) is 19.3 Å². The van der Waals surface area contributed by atoms with E-state index in [1.54, 1.807) is 6.08 Å². The van der Waals surface area contributed by atoms with Crippen LogP contribution in [0.1, 0.15) is 33.1 Å². The minimum atomic E-state index is -0.645. The molecule has 0 saturated heterocycles. The molecule has 0 spiro atoms. The molecule has 0 amide bonds. The van der Waals surface area contributed by atoms with Gasteiger partial charge in [-0.2, -0.15) is 0 Å². The maximum Gasteiger partial charge on any atom is 0.330 e. The normalized spacial score (nSPS) is 14.1. The Bertz CT molecular complexity index is 223. The lowest BCUT2D eigenvalue weighted by molar-refractivity contribution is -0.134. The SMILES string of the molecule is CCC(CC)(CO)C(O)C/C=C/C(=O)OC. The van der Waals surface area contributed by atoms with E-state index in [9.17, 15) is 15.0 Å². The summed E-state index contributed by atoms with van der Waals surface area (Å²) in [5.41, 5.74) is -0.472. The first-order valence-corrected chi connectivity index (χ1v) is 5.59. The molecule has 1 atom stereocenters. The monoisotopic (exact) mass is 230 g/mol. The van der Waals surface area contributed by atoms with E-state index >= 15 is 0 Å². The maximum atomic E-state index is 10.8. The molecule has 16 heavy (non-hydrogen) atoms. The van der Waals surface area contributed by atoms with Gasteiger partial charge in [0, 0.05) is 11.5 Å². The van der Waals surface area contributed by atoms with Crippen molar-refractivity contribution in [3.8, 4) is 0 Å². The molecule has 4 heteroatoms. The Morgan fingerprint density at radius 1 is 1.44 bits per heavy atom. The van der Waals surface area contributed by atoms with E-state index < -0.39 is 17.5 Å².